The molecule has 0 bridgehead atoms. The summed E-state index contributed by atoms with van der Waals surface area (Å²) in [6, 6.07) is 6.87. The highest BCUT2D eigenvalue weighted by Crippen LogP contribution is 2.10. The summed E-state index contributed by atoms with van der Waals surface area (Å²) in [5.41, 5.74) is 1.53. The van der Waals surface area contributed by atoms with Gasteiger partial charge in [0.2, 0.25) is 11.7 Å². The van der Waals surface area contributed by atoms with Crippen LogP contribution in [0, 0.1) is 5.82 Å². The summed E-state index contributed by atoms with van der Waals surface area (Å²) in [5.74, 6) is 3.60. The lowest BCUT2D eigenvalue weighted by molar-refractivity contribution is -0.120. The zero-order valence-electron chi connectivity index (χ0n) is 10.9. The molecule has 0 spiro atoms. The van der Waals surface area contributed by atoms with Gasteiger partial charge in [-0.15, -0.1) is 0 Å². The Morgan fingerprint density at radius 2 is 1.95 bits per heavy atom. The number of aromatic nitrogens is 2. The third kappa shape index (κ3) is 3.42. The van der Waals surface area contributed by atoms with E-state index >= 15 is 0 Å². The minimum absolute atomic E-state index is 0.0283. The zero-order valence-corrected chi connectivity index (χ0v) is 10.9. The van der Waals surface area contributed by atoms with Crippen molar-refractivity contribution in [1.29, 1.82) is 0 Å². The highest BCUT2D eigenvalue weighted by atomic mass is 19.1. The predicted molar refractivity (Wildman–Crippen MR) is 72.9 cm³/mol. The quantitative estimate of drug-likeness (QED) is 0.391. The van der Waals surface area contributed by atoms with E-state index in [1.807, 2.05) is 10.4 Å². The number of H-pyrrole nitrogens is 1. The van der Waals surface area contributed by atoms with Gasteiger partial charge in [0.25, 0.3) is 5.56 Å². The van der Waals surface area contributed by atoms with Gasteiger partial charge in [-0.3, -0.25) is 24.6 Å². The third-order valence-corrected chi connectivity index (χ3v) is 2.94. The molecule has 1 heterocycles. The fourth-order valence-corrected chi connectivity index (χ4v) is 1.89. The minimum atomic E-state index is -1.06. The summed E-state index contributed by atoms with van der Waals surface area (Å²) in [6.45, 7) is 0.0283. The number of hydrogen-bond donors (Lipinski definition) is 3. The lowest BCUT2D eigenvalue weighted by Gasteiger charge is -2.10. The maximum Gasteiger partial charge on any atom is 0.328 e. The highest BCUT2D eigenvalue weighted by Gasteiger charge is 2.09. The molecule has 1 aromatic heterocycles. The molecule has 21 heavy (non-hydrogen) atoms. The van der Waals surface area contributed by atoms with E-state index in [-0.39, 0.29) is 18.9 Å². The Balaban J connectivity index is 2.36. The number of rotatable bonds is 4. The van der Waals surface area contributed by atoms with Crippen molar-refractivity contribution in [2.45, 2.75) is 13.0 Å². The van der Waals surface area contributed by atoms with Gasteiger partial charge in [-0.25, -0.2) is 10.6 Å². The van der Waals surface area contributed by atoms with Crippen LogP contribution in [0.5, 0.6) is 0 Å². The number of nitrogens with two attached hydrogens (primary N) is 1. The number of nitrogens with one attached hydrogen (secondary N) is 2. The van der Waals surface area contributed by atoms with Crippen LogP contribution in [0.3, 0.4) is 0 Å². The minimum Gasteiger partial charge on any atom is -0.294 e. The molecule has 110 valence electrons. The number of carbonyl (C=O) groups is 1. The molecule has 4 N–H and O–H groups in total. The molecule has 0 aliphatic heterocycles. The third-order valence-electron chi connectivity index (χ3n) is 2.94. The fourth-order valence-electron chi connectivity index (χ4n) is 1.89. The average Bonchev–Trinajstić information content (AvgIpc) is 2.46. The van der Waals surface area contributed by atoms with Crippen LogP contribution < -0.4 is 22.5 Å². The zero-order chi connectivity index (χ0) is 15.4. The van der Waals surface area contributed by atoms with Crippen LogP contribution in [-0.4, -0.2) is 15.5 Å². The molecule has 0 atom stereocenters. The van der Waals surface area contributed by atoms with E-state index < -0.39 is 17.1 Å². The lowest BCUT2D eigenvalue weighted by Crippen LogP contribution is -2.33. The van der Waals surface area contributed by atoms with Gasteiger partial charge >= 0.3 is 5.69 Å². The number of hydrogen-bond acceptors (Lipinski definition) is 4. The number of amides is 1. The fraction of sp³-hybridized carbons (Fsp3) is 0.154. The van der Waals surface area contributed by atoms with Gasteiger partial charge in [0.1, 0.15) is 0 Å². The predicted octanol–water partition coefficient (Wildman–Crippen LogP) is -0.744. The van der Waals surface area contributed by atoms with Crippen LogP contribution in [0.1, 0.15) is 11.1 Å². The molecule has 0 aliphatic rings. The molecule has 0 unspecified atom stereocenters. The van der Waals surface area contributed by atoms with E-state index in [4.69, 9.17) is 5.84 Å². The molecule has 8 heteroatoms. The number of carbonyl (C=O) groups excluding carboxylic acids is 1. The molecular formula is C13H13FN4O3. The Morgan fingerprint density at radius 1 is 1.29 bits per heavy atom. The Labute approximate surface area is 118 Å². The SMILES string of the molecule is NNC(=O)Cc1ccccc1Cn1cc(F)c(=O)[nH]c1=O. The number of halogens is 1. The molecule has 1 aromatic carbocycles. The monoisotopic (exact) mass is 292 g/mol. The molecule has 0 radical (unpaired) electrons. The van der Waals surface area contributed by atoms with E-state index in [1.165, 1.54) is 0 Å². The largest absolute Gasteiger partial charge is 0.328 e. The van der Waals surface area contributed by atoms with Gasteiger partial charge in [0, 0.05) is 0 Å². The van der Waals surface area contributed by atoms with Gasteiger partial charge in [0.15, 0.2) is 0 Å². The Kier molecular flexibility index (Phi) is 4.29. The van der Waals surface area contributed by atoms with Crippen molar-refractivity contribution in [3.63, 3.8) is 0 Å². The number of aromatic amines is 1. The van der Waals surface area contributed by atoms with Gasteiger partial charge < -0.3 is 0 Å². The first-order chi connectivity index (χ1) is 10.0. The topological polar surface area (TPSA) is 110 Å². The molecule has 1 amide bonds. The van der Waals surface area contributed by atoms with Gasteiger partial charge in [0.05, 0.1) is 19.2 Å². The van der Waals surface area contributed by atoms with E-state index in [0.29, 0.717) is 11.1 Å². The molecule has 7 nitrogen and oxygen atoms in total. The Morgan fingerprint density at radius 3 is 2.62 bits per heavy atom. The standard InChI is InChI=1S/C13H13FN4O3/c14-10-7-18(13(21)16-12(10)20)6-9-4-2-1-3-8(9)5-11(19)17-15/h1-4,7H,5-6,15H2,(H,17,19)(H,16,20,21). The van der Waals surface area contributed by atoms with Crippen molar-refractivity contribution in [1.82, 2.24) is 15.0 Å². The summed E-state index contributed by atoms with van der Waals surface area (Å²) in [7, 11) is 0. The first kappa shape index (κ1) is 14.7. The smallest absolute Gasteiger partial charge is 0.294 e. The van der Waals surface area contributed by atoms with Crippen molar-refractivity contribution in [2.24, 2.45) is 5.84 Å². The summed E-state index contributed by atoms with van der Waals surface area (Å²) in [6.07, 6.45) is 0.869. The molecule has 0 saturated carbocycles. The van der Waals surface area contributed by atoms with Crippen LogP contribution in [-0.2, 0) is 17.8 Å². The summed E-state index contributed by atoms with van der Waals surface area (Å²) >= 11 is 0. The van der Waals surface area contributed by atoms with Gasteiger partial charge in [-0.05, 0) is 11.1 Å². The van der Waals surface area contributed by atoms with Crippen molar-refractivity contribution in [2.75, 3.05) is 0 Å². The van der Waals surface area contributed by atoms with Crippen LogP contribution in [0.2, 0.25) is 0 Å². The molecule has 0 fully saturated rings. The normalized spacial score (nSPS) is 10.4. The maximum atomic E-state index is 13.2. The second-order valence-corrected chi connectivity index (χ2v) is 4.38. The van der Waals surface area contributed by atoms with Crippen LogP contribution in [0.25, 0.3) is 0 Å². The second kappa shape index (κ2) is 6.14. The first-order valence-electron chi connectivity index (χ1n) is 6.06. The van der Waals surface area contributed by atoms with Crippen LogP contribution >= 0.6 is 0 Å². The van der Waals surface area contributed by atoms with Crippen molar-refractivity contribution in [3.05, 3.63) is 68.2 Å². The van der Waals surface area contributed by atoms with Crippen LogP contribution in [0.15, 0.2) is 40.1 Å². The second-order valence-electron chi connectivity index (χ2n) is 4.38. The Bertz CT molecular complexity index is 781. The van der Waals surface area contributed by atoms with Gasteiger partial charge in [-0.2, -0.15) is 4.39 Å². The molecule has 2 rings (SSSR count). The van der Waals surface area contributed by atoms with Crippen LogP contribution in [0.4, 0.5) is 4.39 Å². The van der Waals surface area contributed by atoms with Crippen molar-refractivity contribution >= 4 is 5.91 Å². The molecular weight excluding hydrogens is 279 g/mol. The first-order valence-corrected chi connectivity index (χ1v) is 6.06. The maximum absolute atomic E-state index is 13.2. The average molecular weight is 292 g/mol. The molecule has 2 aromatic rings. The van der Waals surface area contributed by atoms with Crippen molar-refractivity contribution in [3.8, 4) is 0 Å². The van der Waals surface area contributed by atoms with E-state index in [0.717, 1.165) is 10.8 Å². The summed E-state index contributed by atoms with van der Waals surface area (Å²) in [4.78, 5) is 35.8. The highest BCUT2D eigenvalue weighted by molar-refractivity contribution is 5.78. The summed E-state index contributed by atoms with van der Waals surface area (Å²) < 4.78 is 14.3. The Hall–Kier alpha value is -2.74. The number of benzene rings is 1. The van der Waals surface area contributed by atoms with E-state index in [9.17, 15) is 18.8 Å². The number of nitrogens with zero attached hydrogens (tertiary/aromatic N) is 1. The molecule has 0 saturated heterocycles. The van der Waals surface area contributed by atoms with E-state index in [2.05, 4.69) is 0 Å². The summed E-state index contributed by atoms with van der Waals surface area (Å²) in [5, 5.41) is 0. The van der Waals surface area contributed by atoms with E-state index in [1.54, 1.807) is 24.3 Å². The molecule has 0 aliphatic carbocycles. The van der Waals surface area contributed by atoms with Crippen molar-refractivity contribution < 1.29 is 9.18 Å². The number of hydrazine groups is 1. The van der Waals surface area contributed by atoms with Gasteiger partial charge in [-0.1, -0.05) is 24.3 Å². The lowest BCUT2D eigenvalue weighted by atomic mass is 10.0.